The summed E-state index contributed by atoms with van der Waals surface area (Å²) in [5.41, 5.74) is 0.531. The number of unbranched alkanes of at least 4 members (excludes halogenated alkanes) is 2. The van der Waals surface area contributed by atoms with Gasteiger partial charge >= 0.3 is 6.09 Å². The highest BCUT2D eigenvalue weighted by atomic mass is 16.6. The third-order valence-electron chi connectivity index (χ3n) is 4.46. The molecule has 0 fully saturated rings. The van der Waals surface area contributed by atoms with Gasteiger partial charge in [0.15, 0.2) is 0 Å². The van der Waals surface area contributed by atoms with Crippen LogP contribution in [0.1, 0.15) is 71.2 Å². The zero-order valence-corrected chi connectivity index (χ0v) is 16.1. The van der Waals surface area contributed by atoms with E-state index >= 15 is 0 Å². The van der Waals surface area contributed by atoms with Gasteiger partial charge in [0, 0.05) is 12.1 Å². The number of carbonyl (C=O) groups is 1. The van der Waals surface area contributed by atoms with E-state index in [1.54, 1.807) is 0 Å². The number of non-ortho nitro benzene ring substituents is 1. The number of carbonyl (C=O) groups excluding carboxylic acids is 1. The molecule has 1 atom stereocenters. The van der Waals surface area contributed by atoms with Gasteiger partial charge in [-0.15, -0.1) is 0 Å². The van der Waals surface area contributed by atoms with Crippen LogP contribution >= 0.6 is 0 Å². The van der Waals surface area contributed by atoms with Gasteiger partial charge in [0.05, 0.1) is 16.0 Å². The second kappa shape index (κ2) is 9.45. The Bertz CT molecular complexity index is 792. The Balaban J connectivity index is 2.37. The van der Waals surface area contributed by atoms with Crippen LogP contribution in [0, 0.1) is 10.1 Å². The van der Waals surface area contributed by atoms with Crippen molar-refractivity contribution in [3.05, 3.63) is 34.1 Å². The van der Waals surface area contributed by atoms with Gasteiger partial charge in [0.2, 0.25) is 0 Å². The average Bonchev–Trinajstić information content (AvgIpc) is 3.02. The number of nitro benzene ring substituents is 1. The molecule has 0 aliphatic heterocycles. The largest absolute Gasteiger partial charge is 0.446 e. The fourth-order valence-corrected chi connectivity index (χ4v) is 2.99. The van der Waals surface area contributed by atoms with E-state index in [0.29, 0.717) is 5.52 Å². The second-order valence-electron chi connectivity index (χ2n) is 6.70. The minimum atomic E-state index is -1.02. The fourth-order valence-electron chi connectivity index (χ4n) is 2.99. The van der Waals surface area contributed by atoms with Gasteiger partial charge in [-0.3, -0.25) is 10.1 Å². The van der Waals surface area contributed by atoms with Crippen molar-refractivity contribution in [1.82, 2.24) is 9.55 Å². The predicted molar refractivity (Wildman–Crippen MR) is 102 cm³/mol. The van der Waals surface area contributed by atoms with E-state index in [-0.39, 0.29) is 23.1 Å². The summed E-state index contributed by atoms with van der Waals surface area (Å²) in [4.78, 5) is 27.5. The van der Waals surface area contributed by atoms with Crippen molar-refractivity contribution < 1.29 is 19.6 Å². The normalized spacial score (nSPS) is 12.5. The summed E-state index contributed by atoms with van der Waals surface area (Å²) >= 11 is 0. The van der Waals surface area contributed by atoms with Gasteiger partial charge in [-0.25, -0.2) is 14.3 Å². The third kappa shape index (κ3) is 5.03. The van der Waals surface area contributed by atoms with Crippen LogP contribution in [-0.2, 0) is 4.74 Å². The maximum Gasteiger partial charge on any atom is 0.420 e. The molecule has 0 saturated carbocycles. The number of fused-ring (bicyclic) bond motifs is 1. The lowest BCUT2D eigenvalue weighted by atomic mass is 10.1. The molecule has 0 bridgehead atoms. The average molecular weight is 377 g/mol. The van der Waals surface area contributed by atoms with Crippen molar-refractivity contribution >= 4 is 22.8 Å². The number of aliphatic hydroxyl groups excluding tert-OH is 1. The SMILES string of the molecule is CCCCC(CCCC)OC(=O)n1c(C(C)O)nc2cc([N+](=O)[O-])ccc21. The van der Waals surface area contributed by atoms with Crippen molar-refractivity contribution in [2.75, 3.05) is 0 Å². The molecule has 27 heavy (non-hydrogen) atoms. The molecule has 8 nitrogen and oxygen atoms in total. The topological polar surface area (TPSA) is 107 Å². The van der Waals surface area contributed by atoms with Gasteiger partial charge < -0.3 is 9.84 Å². The molecule has 0 aliphatic carbocycles. The lowest BCUT2D eigenvalue weighted by molar-refractivity contribution is -0.384. The molecule has 1 heterocycles. The van der Waals surface area contributed by atoms with Crippen molar-refractivity contribution in [2.24, 2.45) is 0 Å². The van der Waals surface area contributed by atoms with Crippen LogP contribution in [0.25, 0.3) is 11.0 Å². The smallest absolute Gasteiger partial charge is 0.420 e. The molecule has 0 spiro atoms. The Morgan fingerprint density at radius 3 is 2.44 bits per heavy atom. The van der Waals surface area contributed by atoms with Crippen LogP contribution in [0.2, 0.25) is 0 Å². The van der Waals surface area contributed by atoms with Crippen molar-refractivity contribution in [2.45, 2.75) is 71.5 Å². The number of aliphatic hydroxyl groups is 1. The number of benzene rings is 1. The summed E-state index contributed by atoms with van der Waals surface area (Å²) in [6.07, 6.45) is 3.68. The Kier molecular flexibility index (Phi) is 7.29. The maximum atomic E-state index is 12.9. The van der Waals surface area contributed by atoms with E-state index in [1.807, 2.05) is 0 Å². The number of nitro groups is 1. The molecule has 0 amide bonds. The zero-order valence-electron chi connectivity index (χ0n) is 16.1. The number of hydrogen-bond donors (Lipinski definition) is 1. The minimum Gasteiger partial charge on any atom is -0.446 e. The van der Waals surface area contributed by atoms with E-state index in [4.69, 9.17) is 4.74 Å². The number of nitrogens with zero attached hydrogens (tertiary/aromatic N) is 3. The Morgan fingerprint density at radius 1 is 1.30 bits per heavy atom. The van der Waals surface area contributed by atoms with Crippen LogP contribution < -0.4 is 0 Å². The molecule has 1 aromatic heterocycles. The number of aromatic nitrogens is 2. The molecule has 1 unspecified atom stereocenters. The van der Waals surface area contributed by atoms with E-state index in [1.165, 1.54) is 29.7 Å². The van der Waals surface area contributed by atoms with Gasteiger partial charge in [-0.1, -0.05) is 39.5 Å². The summed E-state index contributed by atoms with van der Waals surface area (Å²) in [5.74, 6) is 0.111. The molecule has 1 aromatic carbocycles. The first-order chi connectivity index (χ1) is 12.9. The lowest BCUT2D eigenvalue weighted by Gasteiger charge is -2.19. The summed E-state index contributed by atoms with van der Waals surface area (Å²) in [7, 11) is 0. The zero-order chi connectivity index (χ0) is 20.0. The molecule has 0 saturated heterocycles. The minimum absolute atomic E-state index is 0.111. The second-order valence-corrected chi connectivity index (χ2v) is 6.70. The van der Waals surface area contributed by atoms with Gasteiger partial charge in [-0.2, -0.15) is 0 Å². The maximum absolute atomic E-state index is 12.9. The van der Waals surface area contributed by atoms with Crippen LogP contribution in [0.15, 0.2) is 18.2 Å². The van der Waals surface area contributed by atoms with Crippen molar-refractivity contribution in [1.29, 1.82) is 0 Å². The van der Waals surface area contributed by atoms with Crippen LogP contribution in [0.4, 0.5) is 10.5 Å². The molecule has 1 N–H and O–H groups in total. The summed E-state index contributed by atoms with van der Waals surface area (Å²) in [6, 6.07) is 4.06. The Labute approximate surface area is 158 Å². The Hall–Kier alpha value is -2.48. The highest BCUT2D eigenvalue weighted by Crippen LogP contribution is 2.26. The molecule has 8 heteroatoms. The quantitative estimate of drug-likeness (QED) is 0.500. The van der Waals surface area contributed by atoms with Crippen molar-refractivity contribution in [3.8, 4) is 0 Å². The first kappa shape index (κ1) is 20.8. The third-order valence-corrected chi connectivity index (χ3v) is 4.46. The van der Waals surface area contributed by atoms with E-state index in [2.05, 4.69) is 18.8 Å². The lowest BCUT2D eigenvalue weighted by Crippen LogP contribution is -2.24. The number of imidazole rings is 1. The van der Waals surface area contributed by atoms with Crippen LogP contribution in [0.5, 0.6) is 0 Å². The predicted octanol–water partition coefficient (Wildman–Crippen LogP) is 4.73. The Morgan fingerprint density at radius 2 is 1.93 bits per heavy atom. The van der Waals surface area contributed by atoms with Crippen molar-refractivity contribution in [3.63, 3.8) is 0 Å². The van der Waals surface area contributed by atoms with Crippen LogP contribution in [-0.4, -0.2) is 31.8 Å². The highest BCUT2D eigenvalue weighted by molar-refractivity contribution is 5.88. The molecule has 0 radical (unpaired) electrons. The van der Waals surface area contributed by atoms with Gasteiger partial charge in [-0.05, 0) is 25.8 Å². The summed E-state index contributed by atoms with van der Waals surface area (Å²) < 4.78 is 6.93. The number of ether oxygens (including phenoxy) is 1. The van der Waals surface area contributed by atoms with E-state index in [9.17, 15) is 20.0 Å². The molecule has 2 aromatic rings. The highest BCUT2D eigenvalue weighted by Gasteiger charge is 2.24. The molecule has 148 valence electrons. The van der Waals surface area contributed by atoms with Gasteiger partial charge in [0.1, 0.15) is 18.0 Å². The number of hydrogen-bond acceptors (Lipinski definition) is 6. The van der Waals surface area contributed by atoms with E-state index in [0.717, 1.165) is 38.5 Å². The standard InChI is InChI=1S/C19H27N3O5/c1-4-6-8-15(9-7-5-2)27-19(24)21-17-11-10-14(22(25)26)12-16(17)20-18(21)13(3)23/h10-13,15,23H,4-9H2,1-3H3. The van der Waals surface area contributed by atoms with Gasteiger partial charge in [0.25, 0.3) is 5.69 Å². The summed E-state index contributed by atoms with van der Waals surface area (Å²) in [6.45, 7) is 5.66. The number of rotatable bonds is 9. The molecule has 0 aliphatic rings. The fraction of sp³-hybridized carbons (Fsp3) is 0.579. The van der Waals surface area contributed by atoms with E-state index < -0.39 is 17.1 Å². The first-order valence-corrected chi connectivity index (χ1v) is 9.44. The summed E-state index contributed by atoms with van der Waals surface area (Å²) in [5, 5.41) is 21.0. The monoisotopic (exact) mass is 377 g/mol. The first-order valence-electron chi connectivity index (χ1n) is 9.44. The molecule has 2 rings (SSSR count). The molecular weight excluding hydrogens is 350 g/mol. The molecular formula is C19H27N3O5. The van der Waals surface area contributed by atoms with Crippen LogP contribution in [0.3, 0.4) is 0 Å².